The molecule has 2 rings (SSSR count). The Morgan fingerprint density at radius 3 is 2.33 bits per heavy atom. The molecule has 86 valence electrons. The third-order valence-electron chi connectivity index (χ3n) is 3.75. The number of likely N-dealkylation sites (tertiary alicyclic amines) is 1. The van der Waals surface area contributed by atoms with Crippen LogP contribution in [0, 0.1) is 5.92 Å². The van der Waals surface area contributed by atoms with E-state index >= 15 is 0 Å². The second kappa shape index (κ2) is 4.49. The van der Waals surface area contributed by atoms with Gasteiger partial charge < -0.3 is 9.84 Å². The number of nitrogens with zero attached hydrogens (tertiary/aromatic N) is 1. The van der Waals surface area contributed by atoms with Gasteiger partial charge in [0.2, 0.25) is 0 Å². The average Bonchev–Trinajstić information content (AvgIpc) is 2.16. The molecule has 2 aliphatic rings. The highest BCUT2D eigenvalue weighted by Gasteiger charge is 2.37. The van der Waals surface area contributed by atoms with Gasteiger partial charge in [-0.05, 0) is 25.7 Å². The highest BCUT2D eigenvalue weighted by molar-refractivity contribution is 5.71. The van der Waals surface area contributed by atoms with Gasteiger partial charge in [-0.15, -0.1) is 0 Å². The van der Waals surface area contributed by atoms with E-state index in [2.05, 4.69) is 4.90 Å². The molecule has 1 heterocycles. The molecule has 1 aliphatic carbocycles. The molecule has 0 amide bonds. The maximum Gasteiger partial charge on any atom is 0.309 e. The van der Waals surface area contributed by atoms with Crippen LogP contribution in [0.4, 0.5) is 0 Å². The number of methoxy groups -OCH3 is 1. The van der Waals surface area contributed by atoms with Crippen molar-refractivity contribution in [1.29, 1.82) is 0 Å². The number of aliphatic carboxylic acids is 1. The lowest BCUT2D eigenvalue weighted by Gasteiger charge is -2.44. The number of rotatable bonds is 3. The zero-order valence-corrected chi connectivity index (χ0v) is 9.19. The molecule has 0 bridgehead atoms. The number of carbonyl (C=O) groups is 1. The van der Waals surface area contributed by atoms with Crippen molar-refractivity contribution in [3.05, 3.63) is 0 Å². The van der Waals surface area contributed by atoms with Gasteiger partial charge in [0.05, 0.1) is 12.0 Å². The SMILES string of the molecule is COC1CCC(N2CC(C(=O)O)C2)CC1. The average molecular weight is 213 g/mol. The Bertz CT molecular complexity index is 230. The highest BCUT2D eigenvalue weighted by Crippen LogP contribution is 2.29. The zero-order chi connectivity index (χ0) is 10.8. The van der Waals surface area contributed by atoms with E-state index in [1.54, 1.807) is 7.11 Å². The molecule has 4 heteroatoms. The number of ether oxygens (including phenoxy) is 1. The van der Waals surface area contributed by atoms with Gasteiger partial charge in [-0.25, -0.2) is 0 Å². The fraction of sp³-hybridized carbons (Fsp3) is 0.909. The van der Waals surface area contributed by atoms with Crippen LogP contribution >= 0.6 is 0 Å². The zero-order valence-electron chi connectivity index (χ0n) is 9.19. The Hall–Kier alpha value is -0.610. The van der Waals surface area contributed by atoms with Gasteiger partial charge in [0.25, 0.3) is 0 Å². The largest absolute Gasteiger partial charge is 0.481 e. The van der Waals surface area contributed by atoms with E-state index in [-0.39, 0.29) is 5.92 Å². The van der Waals surface area contributed by atoms with Gasteiger partial charge in [-0.3, -0.25) is 9.69 Å². The van der Waals surface area contributed by atoms with Crippen molar-refractivity contribution < 1.29 is 14.6 Å². The van der Waals surface area contributed by atoms with Gasteiger partial charge in [-0.2, -0.15) is 0 Å². The lowest BCUT2D eigenvalue weighted by atomic mass is 9.87. The van der Waals surface area contributed by atoms with Crippen molar-refractivity contribution in [1.82, 2.24) is 4.90 Å². The molecule has 0 unspecified atom stereocenters. The molecule has 15 heavy (non-hydrogen) atoms. The van der Waals surface area contributed by atoms with Crippen LogP contribution in [0.1, 0.15) is 25.7 Å². The summed E-state index contributed by atoms with van der Waals surface area (Å²) in [5.74, 6) is -0.762. The lowest BCUT2D eigenvalue weighted by Crippen LogP contribution is -2.55. The van der Waals surface area contributed by atoms with E-state index in [0.717, 1.165) is 38.8 Å². The van der Waals surface area contributed by atoms with Crippen LogP contribution in [0.15, 0.2) is 0 Å². The molecule has 1 N–H and O–H groups in total. The van der Waals surface area contributed by atoms with E-state index in [0.29, 0.717) is 12.1 Å². The van der Waals surface area contributed by atoms with Gasteiger partial charge in [0, 0.05) is 26.2 Å². The maximum atomic E-state index is 10.7. The first-order chi connectivity index (χ1) is 7.20. The summed E-state index contributed by atoms with van der Waals surface area (Å²) in [4.78, 5) is 13.0. The molecular formula is C11H19NO3. The maximum absolute atomic E-state index is 10.7. The van der Waals surface area contributed by atoms with Crippen molar-refractivity contribution in [3.8, 4) is 0 Å². The standard InChI is InChI=1S/C11H19NO3/c1-15-10-4-2-9(3-5-10)12-6-8(7-12)11(13)14/h8-10H,2-7H2,1H3,(H,13,14). The van der Waals surface area contributed by atoms with Gasteiger partial charge >= 0.3 is 5.97 Å². The predicted molar refractivity (Wildman–Crippen MR) is 55.8 cm³/mol. The van der Waals surface area contributed by atoms with Crippen molar-refractivity contribution in [2.24, 2.45) is 5.92 Å². The molecule has 1 saturated carbocycles. The first kappa shape index (κ1) is 10.9. The Morgan fingerprint density at radius 1 is 1.27 bits per heavy atom. The summed E-state index contributed by atoms with van der Waals surface area (Å²) in [6.45, 7) is 1.50. The third-order valence-corrected chi connectivity index (χ3v) is 3.75. The molecule has 0 aromatic heterocycles. The third kappa shape index (κ3) is 2.32. The minimum Gasteiger partial charge on any atom is -0.481 e. The van der Waals surface area contributed by atoms with E-state index < -0.39 is 5.97 Å². The summed E-state index contributed by atoms with van der Waals surface area (Å²) >= 11 is 0. The number of hydrogen-bond acceptors (Lipinski definition) is 3. The molecular weight excluding hydrogens is 194 g/mol. The Kier molecular flexibility index (Phi) is 3.26. The van der Waals surface area contributed by atoms with Crippen molar-refractivity contribution >= 4 is 5.97 Å². The fourth-order valence-corrected chi connectivity index (χ4v) is 2.61. The van der Waals surface area contributed by atoms with Gasteiger partial charge in [-0.1, -0.05) is 0 Å². The molecule has 1 aliphatic heterocycles. The van der Waals surface area contributed by atoms with Crippen molar-refractivity contribution in [2.75, 3.05) is 20.2 Å². The minimum absolute atomic E-state index is 0.120. The fourth-order valence-electron chi connectivity index (χ4n) is 2.61. The van der Waals surface area contributed by atoms with Gasteiger partial charge in [0.1, 0.15) is 0 Å². The second-order valence-corrected chi connectivity index (χ2v) is 4.66. The summed E-state index contributed by atoms with van der Waals surface area (Å²) in [5.41, 5.74) is 0. The van der Waals surface area contributed by atoms with Gasteiger partial charge in [0.15, 0.2) is 0 Å². The monoisotopic (exact) mass is 213 g/mol. The Balaban J connectivity index is 1.72. The summed E-state index contributed by atoms with van der Waals surface area (Å²) < 4.78 is 5.32. The number of carboxylic acid groups (broad SMARTS) is 1. The molecule has 0 aromatic carbocycles. The highest BCUT2D eigenvalue weighted by atomic mass is 16.5. The normalized spacial score (nSPS) is 33.7. The van der Waals surface area contributed by atoms with Crippen LogP contribution in [0.2, 0.25) is 0 Å². The predicted octanol–water partition coefficient (Wildman–Crippen LogP) is 0.960. The molecule has 2 fully saturated rings. The van der Waals surface area contributed by atoms with E-state index in [1.165, 1.54) is 0 Å². The molecule has 0 atom stereocenters. The summed E-state index contributed by atoms with van der Waals surface area (Å²) in [6, 6.07) is 0.604. The van der Waals surface area contributed by atoms with Crippen LogP contribution in [0.3, 0.4) is 0 Å². The topological polar surface area (TPSA) is 49.8 Å². The molecule has 0 spiro atoms. The van der Waals surface area contributed by atoms with E-state index in [4.69, 9.17) is 9.84 Å². The Morgan fingerprint density at radius 2 is 1.87 bits per heavy atom. The molecule has 0 aromatic rings. The second-order valence-electron chi connectivity index (χ2n) is 4.66. The minimum atomic E-state index is -0.642. The Labute approximate surface area is 90.2 Å². The summed E-state index contributed by atoms with van der Waals surface area (Å²) in [5, 5.41) is 8.78. The van der Waals surface area contributed by atoms with Crippen LogP contribution in [0.25, 0.3) is 0 Å². The smallest absolute Gasteiger partial charge is 0.309 e. The summed E-state index contributed by atoms with van der Waals surface area (Å²) in [7, 11) is 1.77. The lowest BCUT2D eigenvalue weighted by molar-refractivity contribution is -0.149. The van der Waals surface area contributed by atoms with Crippen LogP contribution in [-0.2, 0) is 9.53 Å². The van der Waals surface area contributed by atoms with E-state index in [1.807, 2.05) is 0 Å². The van der Waals surface area contributed by atoms with Crippen LogP contribution in [-0.4, -0.2) is 48.3 Å². The quantitative estimate of drug-likeness (QED) is 0.758. The first-order valence-corrected chi connectivity index (χ1v) is 5.70. The summed E-state index contributed by atoms with van der Waals surface area (Å²) in [6.07, 6.45) is 4.98. The molecule has 4 nitrogen and oxygen atoms in total. The van der Waals surface area contributed by atoms with Crippen LogP contribution < -0.4 is 0 Å². The van der Waals surface area contributed by atoms with E-state index in [9.17, 15) is 4.79 Å². The van der Waals surface area contributed by atoms with Crippen molar-refractivity contribution in [2.45, 2.75) is 37.8 Å². The number of carboxylic acids is 1. The van der Waals surface area contributed by atoms with Crippen molar-refractivity contribution in [3.63, 3.8) is 0 Å². The molecule has 1 saturated heterocycles. The van der Waals surface area contributed by atoms with Crippen LogP contribution in [0.5, 0.6) is 0 Å². The first-order valence-electron chi connectivity index (χ1n) is 5.70. The number of hydrogen-bond donors (Lipinski definition) is 1. The molecule has 0 radical (unpaired) electrons.